The summed E-state index contributed by atoms with van der Waals surface area (Å²) in [6.45, 7) is 14.0. The van der Waals surface area contributed by atoms with E-state index in [0.29, 0.717) is 17.8 Å². The SMILES string of the molecule is CC(C)(C)[Si](C)(C)Oc1ccc2c(c1)CC[C@@H]1[C@@H]2CC[C@@]2(C)[C@H]1CC[C@@]2(O)c1ccccc1. The number of hydrogen-bond donors (Lipinski definition) is 1. The molecular weight excluding hydrogens is 420 g/mol. The molecule has 3 heteroatoms. The van der Waals surface area contributed by atoms with Gasteiger partial charge in [-0.1, -0.05) is 64.1 Å². The molecule has 0 unspecified atom stereocenters. The predicted molar refractivity (Wildman–Crippen MR) is 139 cm³/mol. The summed E-state index contributed by atoms with van der Waals surface area (Å²) in [6, 6.07) is 17.5. The average molecular weight is 463 g/mol. The molecule has 0 radical (unpaired) electrons. The third kappa shape index (κ3) is 3.53. The summed E-state index contributed by atoms with van der Waals surface area (Å²) in [5, 5.41) is 12.2. The highest BCUT2D eigenvalue weighted by atomic mass is 28.4. The molecule has 0 aromatic heterocycles. The monoisotopic (exact) mass is 462 g/mol. The van der Waals surface area contributed by atoms with Crippen LogP contribution in [0.2, 0.25) is 18.1 Å². The lowest BCUT2D eigenvalue weighted by molar-refractivity contribution is -0.108. The van der Waals surface area contributed by atoms with Gasteiger partial charge in [0.05, 0.1) is 5.60 Å². The first-order valence-corrected chi connectivity index (χ1v) is 16.0. The molecule has 2 nitrogen and oxygen atoms in total. The molecule has 0 saturated heterocycles. The third-order valence-electron chi connectivity index (χ3n) is 10.3. The van der Waals surface area contributed by atoms with Gasteiger partial charge in [0.15, 0.2) is 0 Å². The highest BCUT2D eigenvalue weighted by molar-refractivity contribution is 6.74. The van der Waals surface area contributed by atoms with Crippen LogP contribution in [-0.2, 0) is 12.0 Å². The van der Waals surface area contributed by atoms with Crippen LogP contribution in [0, 0.1) is 17.3 Å². The molecule has 5 atom stereocenters. The lowest BCUT2D eigenvalue weighted by Gasteiger charge is -2.53. The van der Waals surface area contributed by atoms with Gasteiger partial charge in [0.1, 0.15) is 5.75 Å². The molecule has 2 saturated carbocycles. The first-order valence-electron chi connectivity index (χ1n) is 13.1. The zero-order valence-corrected chi connectivity index (χ0v) is 22.4. The molecular formula is C30H42O2Si. The van der Waals surface area contributed by atoms with Crippen molar-refractivity contribution in [3.63, 3.8) is 0 Å². The fourth-order valence-corrected chi connectivity index (χ4v) is 8.30. The third-order valence-corrected chi connectivity index (χ3v) is 14.6. The van der Waals surface area contributed by atoms with Crippen LogP contribution in [-0.4, -0.2) is 13.4 Å². The summed E-state index contributed by atoms with van der Waals surface area (Å²) in [5.74, 6) is 2.98. The van der Waals surface area contributed by atoms with Crippen molar-refractivity contribution in [1.29, 1.82) is 0 Å². The molecule has 0 heterocycles. The number of benzene rings is 2. The second-order valence-corrected chi connectivity index (χ2v) is 17.6. The molecule has 33 heavy (non-hydrogen) atoms. The van der Waals surface area contributed by atoms with Crippen LogP contribution in [0.3, 0.4) is 0 Å². The van der Waals surface area contributed by atoms with Gasteiger partial charge in [0.25, 0.3) is 0 Å². The molecule has 178 valence electrons. The summed E-state index contributed by atoms with van der Waals surface area (Å²) in [6.07, 6.45) is 6.71. The predicted octanol–water partition coefficient (Wildman–Crippen LogP) is 7.81. The Morgan fingerprint density at radius 1 is 0.970 bits per heavy atom. The van der Waals surface area contributed by atoms with E-state index in [1.165, 1.54) is 18.4 Å². The van der Waals surface area contributed by atoms with Crippen LogP contribution in [0.15, 0.2) is 48.5 Å². The van der Waals surface area contributed by atoms with E-state index < -0.39 is 13.9 Å². The maximum Gasteiger partial charge on any atom is 0.250 e. The highest BCUT2D eigenvalue weighted by Gasteiger charge is 2.62. The van der Waals surface area contributed by atoms with Crippen LogP contribution in [0.5, 0.6) is 5.75 Å². The largest absolute Gasteiger partial charge is 0.543 e. The Kier molecular flexibility index (Phi) is 5.42. The highest BCUT2D eigenvalue weighted by Crippen LogP contribution is 2.67. The van der Waals surface area contributed by atoms with Gasteiger partial charge in [0.2, 0.25) is 8.32 Å². The lowest BCUT2D eigenvalue weighted by Crippen LogP contribution is -2.49. The van der Waals surface area contributed by atoms with E-state index in [0.717, 1.165) is 37.0 Å². The van der Waals surface area contributed by atoms with Gasteiger partial charge >= 0.3 is 0 Å². The molecule has 1 N–H and O–H groups in total. The Bertz CT molecular complexity index is 1020. The number of fused-ring (bicyclic) bond motifs is 5. The van der Waals surface area contributed by atoms with Crippen molar-refractivity contribution in [2.24, 2.45) is 17.3 Å². The van der Waals surface area contributed by atoms with Gasteiger partial charge in [0, 0.05) is 5.41 Å². The van der Waals surface area contributed by atoms with Crippen molar-refractivity contribution in [2.75, 3.05) is 0 Å². The molecule has 2 aromatic rings. The fraction of sp³-hybridized carbons (Fsp3) is 0.600. The van der Waals surface area contributed by atoms with E-state index in [1.807, 2.05) is 0 Å². The van der Waals surface area contributed by atoms with Crippen molar-refractivity contribution in [3.8, 4) is 5.75 Å². The maximum atomic E-state index is 12.0. The molecule has 2 aromatic carbocycles. The van der Waals surface area contributed by atoms with Crippen LogP contribution in [0.1, 0.15) is 82.4 Å². The molecule has 0 spiro atoms. The van der Waals surface area contributed by atoms with E-state index in [4.69, 9.17) is 4.43 Å². The van der Waals surface area contributed by atoms with E-state index in [2.05, 4.69) is 89.3 Å². The Morgan fingerprint density at radius 2 is 1.70 bits per heavy atom. The first kappa shape index (κ1) is 23.2. The smallest absolute Gasteiger partial charge is 0.250 e. The Morgan fingerprint density at radius 3 is 2.39 bits per heavy atom. The molecule has 2 fully saturated rings. The summed E-state index contributed by atoms with van der Waals surface area (Å²) < 4.78 is 6.64. The van der Waals surface area contributed by atoms with Gasteiger partial charge in [-0.15, -0.1) is 0 Å². The van der Waals surface area contributed by atoms with Crippen LogP contribution in [0.25, 0.3) is 0 Å². The average Bonchev–Trinajstić information content (AvgIpc) is 3.05. The van der Waals surface area contributed by atoms with Crippen LogP contribution >= 0.6 is 0 Å². The van der Waals surface area contributed by atoms with E-state index >= 15 is 0 Å². The second-order valence-electron chi connectivity index (χ2n) is 12.9. The number of hydrogen-bond acceptors (Lipinski definition) is 2. The Balaban J connectivity index is 1.41. The van der Waals surface area contributed by atoms with Crippen molar-refractivity contribution in [3.05, 3.63) is 65.2 Å². The second kappa shape index (κ2) is 7.71. The summed E-state index contributed by atoms with van der Waals surface area (Å²) >= 11 is 0. The lowest BCUT2D eigenvalue weighted by atomic mass is 9.52. The van der Waals surface area contributed by atoms with E-state index in [1.54, 1.807) is 5.56 Å². The van der Waals surface area contributed by atoms with Gasteiger partial charge < -0.3 is 9.53 Å². The topological polar surface area (TPSA) is 29.5 Å². The Hall–Kier alpha value is -1.58. The maximum absolute atomic E-state index is 12.0. The quantitative estimate of drug-likeness (QED) is 0.471. The van der Waals surface area contributed by atoms with Crippen molar-refractivity contribution in [1.82, 2.24) is 0 Å². The standard InChI is InChI=1S/C30H42O2Si/c1-28(2,3)33(5,6)32-23-13-15-24-21(20-23)12-14-26-25(24)16-18-29(4)27(26)17-19-30(29,31)22-10-8-7-9-11-22/h7-11,13,15,20,25-27,31H,12,14,16-19H2,1-6H3/t25-,26-,27+,29+,30-/m1/s1. The van der Waals surface area contributed by atoms with Gasteiger partial charge in [-0.2, -0.15) is 0 Å². The molecule has 3 aliphatic rings. The molecule has 0 bridgehead atoms. The van der Waals surface area contributed by atoms with Crippen molar-refractivity contribution < 1.29 is 9.53 Å². The number of aryl methyl sites for hydroxylation is 1. The zero-order chi connectivity index (χ0) is 23.6. The molecule has 0 aliphatic heterocycles. The Labute approximate surface area is 201 Å². The van der Waals surface area contributed by atoms with Gasteiger partial charge in [-0.05, 0) is 103 Å². The molecule has 0 amide bonds. The van der Waals surface area contributed by atoms with Crippen LogP contribution < -0.4 is 4.43 Å². The zero-order valence-electron chi connectivity index (χ0n) is 21.4. The van der Waals surface area contributed by atoms with E-state index in [9.17, 15) is 5.11 Å². The van der Waals surface area contributed by atoms with Gasteiger partial charge in [-0.3, -0.25) is 0 Å². The minimum Gasteiger partial charge on any atom is -0.543 e. The number of aliphatic hydroxyl groups is 1. The van der Waals surface area contributed by atoms with Crippen molar-refractivity contribution in [2.45, 2.75) is 95.9 Å². The summed E-state index contributed by atoms with van der Waals surface area (Å²) in [7, 11) is -1.83. The van der Waals surface area contributed by atoms with E-state index in [-0.39, 0.29) is 10.5 Å². The van der Waals surface area contributed by atoms with Crippen LogP contribution in [0.4, 0.5) is 0 Å². The molecule has 5 rings (SSSR count). The number of rotatable bonds is 3. The summed E-state index contributed by atoms with van der Waals surface area (Å²) in [5.41, 5.74) is 3.47. The normalized spacial score (nSPS) is 33.7. The summed E-state index contributed by atoms with van der Waals surface area (Å²) in [4.78, 5) is 0. The minimum atomic E-state index is -1.83. The first-order chi connectivity index (χ1) is 15.5. The van der Waals surface area contributed by atoms with Crippen molar-refractivity contribution >= 4 is 8.32 Å². The minimum absolute atomic E-state index is 0.0294. The fourth-order valence-electron chi connectivity index (χ4n) is 7.27. The van der Waals surface area contributed by atoms with Gasteiger partial charge in [-0.25, -0.2) is 0 Å². The molecule has 3 aliphatic carbocycles.